The summed E-state index contributed by atoms with van der Waals surface area (Å²) in [5, 5.41) is 0. The number of esters is 1. The van der Waals surface area contributed by atoms with Crippen LogP contribution in [0.15, 0.2) is 23.8 Å². The fourth-order valence-corrected chi connectivity index (χ4v) is 1.72. The van der Waals surface area contributed by atoms with Crippen LogP contribution in [0, 0.1) is 5.41 Å². The minimum absolute atomic E-state index is 0.138. The Morgan fingerprint density at radius 1 is 1.35 bits per heavy atom. The Kier molecular flexibility index (Phi) is 6.86. The van der Waals surface area contributed by atoms with Crippen LogP contribution in [-0.2, 0) is 9.53 Å². The smallest absolute Gasteiger partial charge is 0.333 e. The Labute approximate surface area is 106 Å². The summed E-state index contributed by atoms with van der Waals surface area (Å²) in [6.45, 7) is 12.5. The molecule has 0 rings (SSSR count). The SMILES string of the molecule is C=C(C/C(=C\C(C)(C)C)CCCC)C(=O)OC. The molecule has 0 atom stereocenters. The van der Waals surface area contributed by atoms with E-state index in [1.807, 2.05) is 0 Å². The summed E-state index contributed by atoms with van der Waals surface area (Å²) in [6.07, 6.45) is 6.22. The van der Waals surface area contributed by atoms with Crippen LogP contribution in [-0.4, -0.2) is 13.1 Å². The first kappa shape index (κ1) is 16.0. The van der Waals surface area contributed by atoms with Crippen molar-refractivity contribution in [1.82, 2.24) is 0 Å². The highest BCUT2D eigenvalue weighted by atomic mass is 16.5. The molecule has 0 spiro atoms. The van der Waals surface area contributed by atoms with Gasteiger partial charge in [-0.25, -0.2) is 4.79 Å². The van der Waals surface area contributed by atoms with Crippen LogP contribution in [0.4, 0.5) is 0 Å². The average molecular weight is 238 g/mol. The van der Waals surface area contributed by atoms with Gasteiger partial charge in [0.15, 0.2) is 0 Å². The van der Waals surface area contributed by atoms with E-state index >= 15 is 0 Å². The zero-order chi connectivity index (χ0) is 13.5. The number of unbranched alkanes of at least 4 members (excludes halogenated alkanes) is 1. The highest BCUT2D eigenvalue weighted by molar-refractivity contribution is 5.88. The second-order valence-corrected chi connectivity index (χ2v) is 5.54. The van der Waals surface area contributed by atoms with Gasteiger partial charge in [0, 0.05) is 5.57 Å². The molecule has 0 N–H and O–H groups in total. The fourth-order valence-electron chi connectivity index (χ4n) is 1.72. The van der Waals surface area contributed by atoms with Crippen LogP contribution in [0.1, 0.15) is 53.4 Å². The fraction of sp³-hybridized carbons (Fsp3) is 0.667. The predicted molar refractivity (Wildman–Crippen MR) is 72.8 cm³/mol. The summed E-state index contributed by atoms with van der Waals surface area (Å²) in [4.78, 5) is 11.3. The van der Waals surface area contributed by atoms with Gasteiger partial charge in [-0.15, -0.1) is 0 Å². The zero-order valence-electron chi connectivity index (χ0n) is 11.9. The van der Waals surface area contributed by atoms with E-state index < -0.39 is 0 Å². The van der Waals surface area contributed by atoms with Gasteiger partial charge in [-0.2, -0.15) is 0 Å². The zero-order valence-corrected chi connectivity index (χ0v) is 11.9. The summed E-state index contributed by atoms with van der Waals surface area (Å²) in [7, 11) is 1.40. The van der Waals surface area contributed by atoms with Gasteiger partial charge in [0.05, 0.1) is 7.11 Å². The van der Waals surface area contributed by atoms with Crippen molar-refractivity contribution in [1.29, 1.82) is 0 Å². The van der Waals surface area contributed by atoms with Crippen LogP contribution < -0.4 is 0 Å². The van der Waals surface area contributed by atoms with Gasteiger partial charge < -0.3 is 4.74 Å². The van der Waals surface area contributed by atoms with Crippen molar-refractivity contribution in [3.63, 3.8) is 0 Å². The van der Waals surface area contributed by atoms with Crippen LogP contribution in [0.3, 0.4) is 0 Å². The van der Waals surface area contributed by atoms with Gasteiger partial charge in [-0.1, -0.05) is 52.3 Å². The Morgan fingerprint density at radius 2 is 1.94 bits per heavy atom. The molecule has 0 bridgehead atoms. The van der Waals surface area contributed by atoms with E-state index in [1.54, 1.807) is 0 Å². The monoisotopic (exact) mass is 238 g/mol. The molecule has 0 heterocycles. The molecule has 0 aromatic heterocycles. The molecule has 0 radical (unpaired) electrons. The predicted octanol–water partition coefficient (Wildman–Crippen LogP) is 4.27. The molecule has 2 nitrogen and oxygen atoms in total. The topological polar surface area (TPSA) is 26.3 Å². The van der Waals surface area contributed by atoms with Crippen LogP contribution >= 0.6 is 0 Å². The molecule has 0 saturated heterocycles. The van der Waals surface area contributed by atoms with Crippen molar-refractivity contribution in [3.8, 4) is 0 Å². The number of hydrogen-bond donors (Lipinski definition) is 0. The number of allylic oxidation sites excluding steroid dienone is 2. The van der Waals surface area contributed by atoms with Crippen molar-refractivity contribution in [2.24, 2.45) is 5.41 Å². The quantitative estimate of drug-likeness (QED) is 0.392. The maximum absolute atomic E-state index is 11.3. The average Bonchev–Trinajstić information content (AvgIpc) is 2.22. The van der Waals surface area contributed by atoms with E-state index in [9.17, 15) is 4.79 Å². The first-order valence-electron chi connectivity index (χ1n) is 6.27. The lowest BCUT2D eigenvalue weighted by molar-refractivity contribution is -0.136. The van der Waals surface area contributed by atoms with Gasteiger partial charge >= 0.3 is 5.97 Å². The molecular formula is C15H26O2. The maximum Gasteiger partial charge on any atom is 0.333 e. The molecule has 0 fully saturated rings. The largest absolute Gasteiger partial charge is 0.466 e. The molecule has 0 aliphatic rings. The first-order chi connectivity index (χ1) is 7.80. The minimum Gasteiger partial charge on any atom is -0.466 e. The van der Waals surface area contributed by atoms with E-state index in [2.05, 4.69) is 45.1 Å². The highest BCUT2D eigenvalue weighted by Crippen LogP contribution is 2.24. The van der Waals surface area contributed by atoms with Crippen LogP contribution in [0.2, 0.25) is 0 Å². The number of ether oxygens (including phenoxy) is 1. The van der Waals surface area contributed by atoms with Gasteiger partial charge in [-0.3, -0.25) is 0 Å². The van der Waals surface area contributed by atoms with E-state index in [-0.39, 0.29) is 11.4 Å². The third-order valence-corrected chi connectivity index (χ3v) is 2.40. The van der Waals surface area contributed by atoms with E-state index in [1.165, 1.54) is 12.7 Å². The first-order valence-corrected chi connectivity index (χ1v) is 6.27. The third-order valence-electron chi connectivity index (χ3n) is 2.40. The molecule has 0 unspecified atom stereocenters. The molecule has 98 valence electrons. The summed E-state index contributed by atoms with van der Waals surface area (Å²) in [6, 6.07) is 0. The summed E-state index contributed by atoms with van der Waals surface area (Å²) in [5.41, 5.74) is 1.97. The molecule has 0 aliphatic heterocycles. The number of methoxy groups -OCH3 is 1. The summed E-state index contributed by atoms with van der Waals surface area (Å²) < 4.78 is 4.68. The van der Waals surface area contributed by atoms with E-state index in [0.717, 1.165) is 19.3 Å². The highest BCUT2D eigenvalue weighted by Gasteiger charge is 2.13. The Bertz CT molecular complexity index is 293. The lowest BCUT2D eigenvalue weighted by Gasteiger charge is -2.17. The number of rotatable bonds is 6. The minimum atomic E-state index is -0.304. The summed E-state index contributed by atoms with van der Waals surface area (Å²) >= 11 is 0. The van der Waals surface area contributed by atoms with Gasteiger partial charge in [-0.05, 0) is 24.7 Å². The number of hydrogen-bond acceptors (Lipinski definition) is 2. The third kappa shape index (κ3) is 7.78. The molecule has 0 aliphatic carbocycles. The van der Waals surface area contributed by atoms with Gasteiger partial charge in [0.2, 0.25) is 0 Å². The van der Waals surface area contributed by atoms with Crippen LogP contribution in [0.5, 0.6) is 0 Å². The lowest BCUT2D eigenvalue weighted by Crippen LogP contribution is -2.07. The summed E-state index contributed by atoms with van der Waals surface area (Å²) in [5.74, 6) is -0.304. The Balaban J connectivity index is 4.66. The number of carbonyl (C=O) groups excluding carboxylic acids is 1. The molecule has 17 heavy (non-hydrogen) atoms. The second-order valence-electron chi connectivity index (χ2n) is 5.54. The van der Waals surface area contributed by atoms with Crippen molar-refractivity contribution >= 4 is 5.97 Å². The molecular weight excluding hydrogens is 212 g/mol. The maximum atomic E-state index is 11.3. The van der Waals surface area contributed by atoms with Gasteiger partial charge in [0.1, 0.15) is 0 Å². The van der Waals surface area contributed by atoms with E-state index in [4.69, 9.17) is 0 Å². The van der Waals surface area contributed by atoms with Crippen LogP contribution in [0.25, 0.3) is 0 Å². The second kappa shape index (κ2) is 7.31. The lowest BCUT2D eigenvalue weighted by atomic mass is 9.89. The van der Waals surface area contributed by atoms with Crippen molar-refractivity contribution in [2.45, 2.75) is 53.4 Å². The Morgan fingerprint density at radius 3 is 2.35 bits per heavy atom. The van der Waals surface area contributed by atoms with E-state index in [0.29, 0.717) is 12.0 Å². The van der Waals surface area contributed by atoms with Crippen molar-refractivity contribution < 1.29 is 9.53 Å². The van der Waals surface area contributed by atoms with Crippen molar-refractivity contribution in [2.75, 3.05) is 7.11 Å². The van der Waals surface area contributed by atoms with Gasteiger partial charge in [0.25, 0.3) is 0 Å². The molecule has 0 aromatic carbocycles. The molecule has 0 saturated carbocycles. The van der Waals surface area contributed by atoms with Crippen molar-refractivity contribution in [3.05, 3.63) is 23.8 Å². The number of carbonyl (C=O) groups is 1. The molecule has 0 amide bonds. The molecule has 0 aromatic rings. The normalized spacial score (nSPS) is 12.4. The molecule has 2 heteroatoms. The standard InChI is InChI=1S/C15H26O2/c1-7-8-9-13(11-15(3,4)5)10-12(2)14(16)17-6/h11H,2,7-10H2,1,3-6H3/b13-11-. The Hall–Kier alpha value is -1.05.